The summed E-state index contributed by atoms with van der Waals surface area (Å²) in [5, 5.41) is 13.2. The zero-order valence-electron chi connectivity index (χ0n) is 20.9. The molecule has 2 atom stereocenters. The van der Waals surface area contributed by atoms with E-state index in [-0.39, 0.29) is 12.0 Å². The summed E-state index contributed by atoms with van der Waals surface area (Å²) < 4.78 is 26.5. The monoisotopic (exact) mass is 613 g/mol. The van der Waals surface area contributed by atoms with Gasteiger partial charge < -0.3 is 0 Å². The van der Waals surface area contributed by atoms with Crippen molar-refractivity contribution in [1.82, 2.24) is 19.9 Å². The number of nitrogens with zero attached hydrogens (tertiary/aromatic N) is 4. The molecule has 1 fully saturated rings. The summed E-state index contributed by atoms with van der Waals surface area (Å²) in [4.78, 5) is 38.2. The Bertz CT molecular complexity index is 1500. The molecule has 0 bridgehead atoms. The Morgan fingerprint density at radius 2 is 2.05 bits per heavy atom. The minimum absolute atomic E-state index is 0.210. The minimum atomic E-state index is -0.952. The van der Waals surface area contributed by atoms with Gasteiger partial charge in [-0.05, 0) is 0 Å². The van der Waals surface area contributed by atoms with Gasteiger partial charge in [0.2, 0.25) is 0 Å². The fraction of sp³-hybridized carbons (Fsp3) is 0.269. The van der Waals surface area contributed by atoms with E-state index in [9.17, 15) is 19.1 Å². The van der Waals surface area contributed by atoms with Crippen LogP contribution in [0, 0.1) is 0 Å². The Kier molecular flexibility index (Phi) is 8.35. The van der Waals surface area contributed by atoms with Gasteiger partial charge in [-0.2, -0.15) is 0 Å². The number of fused-ring (bicyclic) bond motifs is 1. The van der Waals surface area contributed by atoms with Crippen molar-refractivity contribution in [2.75, 3.05) is 25.0 Å². The van der Waals surface area contributed by atoms with E-state index in [1.807, 2.05) is 12.1 Å². The van der Waals surface area contributed by atoms with E-state index in [2.05, 4.69) is 15.3 Å². The maximum absolute atomic E-state index is 13.1. The molecule has 13 heteroatoms. The third-order valence-corrected chi connectivity index (χ3v) is 9.34. The van der Waals surface area contributed by atoms with Gasteiger partial charge in [-0.3, -0.25) is 0 Å². The van der Waals surface area contributed by atoms with Crippen LogP contribution < -0.4 is 14.7 Å². The number of hydrogen-bond donors (Lipinski definition) is 2. The number of morpholine rings is 1. The maximum atomic E-state index is 13.1. The number of carbonyl (C=O) groups excluding carboxylic acids is 1. The van der Waals surface area contributed by atoms with Crippen LogP contribution in [0.4, 0.5) is 14.3 Å². The van der Waals surface area contributed by atoms with Gasteiger partial charge in [-0.25, -0.2) is 0 Å². The molecule has 0 aliphatic carbocycles. The molecule has 1 saturated heterocycles. The van der Waals surface area contributed by atoms with Crippen molar-refractivity contribution in [2.24, 2.45) is 0 Å². The molecule has 1 aliphatic rings. The molecule has 202 valence electrons. The fourth-order valence-electron chi connectivity index (χ4n) is 4.01. The standard InChI is InChI=1S/C26H25AsFN5O5S/c1-15(34)29-25-32-23-20(3-2-4-21(23)39-25)38-22-11-19(17-7-5-16(13-28)6-8-17)30-24(31-22)27-12-18-14-33(26(35)36)9-10-37-18/h2-8,11,18,27H,9-10,12-14H2,1H3,(H,35,36)(H,29,32,34)/t18-/m0/s1. The van der Waals surface area contributed by atoms with Crippen molar-refractivity contribution in [3.05, 3.63) is 54.1 Å². The molecule has 4 aromatic rings. The number of para-hydroxylation sites is 1. The summed E-state index contributed by atoms with van der Waals surface area (Å²) in [6, 6.07) is 14.3. The van der Waals surface area contributed by atoms with E-state index in [4.69, 9.17) is 14.5 Å². The van der Waals surface area contributed by atoms with Gasteiger partial charge in [-0.1, -0.05) is 0 Å². The third kappa shape index (κ3) is 6.70. The quantitative estimate of drug-likeness (QED) is 0.287. The average molecular weight is 614 g/mol. The van der Waals surface area contributed by atoms with Gasteiger partial charge in [0.05, 0.1) is 0 Å². The first-order valence-electron chi connectivity index (χ1n) is 12.1. The van der Waals surface area contributed by atoms with E-state index in [0.717, 1.165) is 10.3 Å². The molecule has 39 heavy (non-hydrogen) atoms. The van der Waals surface area contributed by atoms with Crippen molar-refractivity contribution in [3.8, 4) is 22.9 Å². The summed E-state index contributed by atoms with van der Waals surface area (Å²) in [5.41, 5.74) is 2.59. The molecule has 0 radical (unpaired) electrons. The van der Waals surface area contributed by atoms with Gasteiger partial charge in [0, 0.05) is 0 Å². The molecule has 2 amide bonds. The van der Waals surface area contributed by atoms with Crippen LogP contribution in [-0.4, -0.2) is 78.5 Å². The number of amides is 2. The number of carboxylic acid groups (broad SMARTS) is 1. The van der Waals surface area contributed by atoms with Crippen molar-refractivity contribution in [3.63, 3.8) is 0 Å². The first-order chi connectivity index (χ1) is 18.9. The first-order valence-corrected chi connectivity index (χ1v) is 15.5. The Labute approximate surface area is 233 Å². The molecule has 2 aromatic carbocycles. The molecular weight excluding hydrogens is 588 g/mol. The van der Waals surface area contributed by atoms with Crippen LogP contribution in [0.1, 0.15) is 12.5 Å². The molecule has 0 spiro atoms. The molecule has 1 aliphatic heterocycles. The van der Waals surface area contributed by atoms with E-state index in [1.165, 1.54) is 23.2 Å². The Balaban J connectivity index is 1.44. The van der Waals surface area contributed by atoms with Crippen LogP contribution in [0.25, 0.3) is 21.5 Å². The topological polar surface area (TPSA) is 127 Å². The SMILES string of the molecule is CC(=O)Nc1nc2c(Oc3cc(-c4ccc(CF)cc4)nc([AsH]C[C@H]4CN(C(=O)O)CCO4)n3)cccc2s1. The molecule has 5 rings (SSSR count). The predicted molar refractivity (Wildman–Crippen MR) is 147 cm³/mol. The van der Waals surface area contributed by atoms with Gasteiger partial charge in [0.1, 0.15) is 0 Å². The third-order valence-electron chi connectivity index (χ3n) is 5.88. The number of aromatic nitrogens is 3. The number of benzene rings is 2. The second-order valence-electron chi connectivity index (χ2n) is 8.75. The Morgan fingerprint density at radius 3 is 2.79 bits per heavy atom. The van der Waals surface area contributed by atoms with Crippen LogP contribution >= 0.6 is 11.3 Å². The number of thiazole rings is 1. The molecule has 10 nitrogen and oxygen atoms in total. The average Bonchev–Trinajstić information content (AvgIpc) is 3.35. The van der Waals surface area contributed by atoms with Crippen LogP contribution in [0.5, 0.6) is 11.6 Å². The zero-order chi connectivity index (χ0) is 27.4. The van der Waals surface area contributed by atoms with Crippen molar-refractivity contribution in [1.29, 1.82) is 0 Å². The second-order valence-corrected chi connectivity index (χ2v) is 12.3. The number of nitrogens with one attached hydrogen (secondary N) is 1. The molecule has 0 saturated carbocycles. The molecule has 2 aromatic heterocycles. The number of halogens is 1. The predicted octanol–water partition coefficient (Wildman–Crippen LogP) is 3.83. The van der Waals surface area contributed by atoms with Gasteiger partial charge >= 0.3 is 234 Å². The van der Waals surface area contributed by atoms with Crippen molar-refractivity contribution >= 4 is 59.0 Å². The van der Waals surface area contributed by atoms with Crippen LogP contribution in [0.3, 0.4) is 0 Å². The number of hydrogen-bond acceptors (Lipinski definition) is 8. The summed E-state index contributed by atoms with van der Waals surface area (Å²) in [6.45, 7) is 1.90. The number of ether oxygens (including phenoxy) is 2. The first kappa shape index (κ1) is 27.0. The normalized spacial score (nSPS) is 15.6. The van der Waals surface area contributed by atoms with E-state index in [0.29, 0.717) is 63.1 Å². The van der Waals surface area contributed by atoms with E-state index < -0.39 is 28.5 Å². The van der Waals surface area contributed by atoms with Gasteiger partial charge in [-0.15, -0.1) is 0 Å². The number of anilines is 1. The number of carbonyl (C=O) groups is 2. The van der Waals surface area contributed by atoms with Crippen LogP contribution in [0.2, 0.25) is 5.21 Å². The molecule has 1 unspecified atom stereocenters. The van der Waals surface area contributed by atoms with Crippen molar-refractivity contribution in [2.45, 2.75) is 24.9 Å². The number of alkyl halides is 1. The summed E-state index contributed by atoms with van der Waals surface area (Å²) in [7, 11) is 0. The summed E-state index contributed by atoms with van der Waals surface area (Å²) in [5.74, 6) is 0.598. The number of rotatable bonds is 8. The fourth-order valence-corrected chi connectivity index (χ4v) is 7.14. The van der Waals surface area contributed by atoms with Gasteiger partial charge in [0.25, 0.3) is 0 Å². The summed E-state index contributed by atoms with van der Waals surface area (Å²) >= 11 is 0.423. The molecule has 2 N–H and O–H groups in total. The molecular formula is C26H25AsFN5O5S. The Morgan fingerprint density at radius 1 is 1.23 bits per heavy atom. The Hall–Kier alpha value is -3.60. The summed E-state index contributed by atoms with van der Waals surface area (Å²) in [6.07, 6.45) is -1.17. The second kappa shape index (κ2) is 12.1. The van der Waals surface area contributed by atoms with Crippen LogP contribution in [-0.2, 0) is 16.2 Å². The van der Waals surface area contributed by atoms with Gasteiger partial charge in [0.15, 0.2) is 0 Å². The van der Waals surface area contributed by atoms with Crippen molar-refractivity contribution < 1.29 is 28.6 Å². The molecule has 3 heterocycles. The zero-order valence-corrected chi connectivity index (χ0v) is 23.8. The van der Waals surface area contributed by atoms with Crippen LogP contribution in [0.15, 0.2) is 48.5 Å². The van der Waals surface area contributed by atoms with E-state index >= 15 is 0 Å². The van der Waals surface area contributed by atoms with E-state index in [1.54, 1.807) is 36.4 Å².